The fourth-order valence-electron chi connectivity index (χ4n) is 2.62. The number of aromatic nitrogens is 2. The number of nitrogens with zero attached hydrogens (tertiary/aromatic N) is 2. The Kier molecular flexibility index (Phi) is 5.96. The summed E-state index contributed by atoms with van der Waals surface area (Å²) in [6.07, 6.45) is 5.04. The third-order valence-electron chi connectivity index (χ3n) is 4.33. The van der Waals surface area contributed by atoms with Gasteiger partial charge in [-0.1, -0.05) is 41.4 Å². The molecule has 7 heteroatoms. The summed E-state index contributed by atoms with van der Waals surface area (Å²) in [5, 5.41) is 10.3. The van der Waals surface area contributed by atoms with Crippen molar-refractivity contribution in [2.24, 2.45) is 0 Å². The fourth-order valence-corrected chi connectivity index (χ4v) is 2.92. The zero-order valence-corrected chi connectivity index (χ0v) is 16.2. The Morgan fingerprint density at radius 2 is 1.96 bits per heavy atom. The SMILES string of the molecule is Cc1ccc(Cn2nc(C)c(/C=C/C(=O)NCC(=O)NC3CC3)c2Cl)cc1. The summed E-state index contributed by atoms with van der Waals surface area (Å²) >= 11 is 6.44. The zero-order chi connectivity index (χ0) is 19.4. The first-order valence-corrected chi connectivity index (χ1v) is 9.34. The van der Waals surface area contributed by atoms with Crippen molar-refractivity contribution in [2.45, 2.75) is 39.3 Å². The van der Waals surface area contributed by atoms with Gasteiger partial charge in [0.15, 0.2) is 0 Å². The Bertz CT molecular complexity index is 867. The molecular weight excluding hydrogens is 364 g/mol. The van der Waals surface area contributed by atoms with Crippen molar-refractivity contribution in [2.75, 3.05) is 6.54 Å². The van der Waals surface area contributed by atoms with E-state index in [1.165, 1.54) is 11.6 Å². The van der Waals surface area contributed by atoms with Crippen molar-refractivity contribution < 1.29 is 9.59 Å². The Labute approximate surface area is 163 Å². The van der Waals surface area contributed by atoms with Crippen molar-refractivity contribution >= 4 is 29.5 Å². The quantitative estimate of drug-likeness (QED) is 0.718. The van der Waals surface area contributed by atoms with E-state index in [9.17, 15) is 9.59 Å². The number of carbonyl (C=O) groups is 2. The molecule has 2 N–H and O–H groups in total. The molecule has 1 aliphatic rings. The predicted octanol–water partition coefficient (Wildman–Crippen LogP) is 2.61. The van der Waals surface area contributed by atoms with Crippen LogP contribution < -0.4 is 10.6 Å². The van der Waals surface area contributed by atoms with Gasteiger partial charge in [-0.2, -0.15) is 5.10 Å². The van der Waals surface area contributed by atoms with Crippen molar-refractivity contribution in [1.82, 2.24) is 20.4 Å². The van der Waals surface area contributed by atoms with Gasteiger partial charge >= 0.3 is 0 Å². The highest BCUT2D eigenvalue weighted by Gasteiger charge is 2.23. The molecule has 27 heavy (non-hydrogen) atoms. The van der Waals surface area contributed by atoms with E-state index in [0.29, 0.717) is 17.3 Å². The maximum absolute atomic E-state index is 11.9. The molecule has 1 fully saturated rings. The van der Waals surface area contributed by atoms with E-state index >= 15 is 0 Å². The molecule has 0 spiro atoms. The lowest BCUT2D eigenvalue weighted by molar-refractivity contribution is -0.124. The fraction of sp³-hybridized carbons (Fsp3) is 0.350. The van der Waals surface area contributed by atoms with Gasteiger partial charge in [0.25, 0.3) is 0 Å². The highest BCUT2D eigenvalue weighted by molar-refractivity contribution is 6.31. The molecule has 1 aliphatic carbocycles. The number of benzene rings is 1. The summed E-state index contributed by atoms with van der Waals surface area (Å²) in [6.45, 7) is 4.41. The topological polar surface area (TPSA) is 76.0 Å². The van der Waals surface area contributed by atoms with Crippen LogP contribution in [0.15, 0.2) is 30.3 Å². The van der Waals surface area contributed by atoms with Crippen LogP contribution in [0.4, 0.5) is 0 Å². The monoisotopic (exact) mass is 386 g/mol. The Morgan fingerprint density at radius 1 is 1.26 bits per heavy atom. The smallest absolute Gasteiger partial charge is 0.244 e. The first kappa shape index (κ1) is 19.2. The highest BCUT2D eigenvalue weighted by atomic mass is 35.5. The second-order valence-electron chi connectivity index (χ2n) is 6.83. The van der Waals surface area contributed by atoms with Gasteiger partial charge in [-0.25, -0.2) is 4.68 Å². The van der Waals surface area contributed by atoms with Crippen molar-refractivity contribution in [1.29, 1.82) is 0 Å². The first-order chi connectivity index (χ1) is 12.9. The molecule has 0 radical (unpaired) electrons. The molecule has 1 heterocycles. The number of rotatable bonds is 7. The number of nitrogens with one attached hydrogen (secondary N) is 2. The summed E-state index contributed by atoms with van der Waals surface area (Å²) in [7, 11) is 0. The molecule has 2 aromatic rings. The third kappa shape index (κ3) is 5.44. The lowest BCUT2D eigenvalue weighted by Gasteiger charge is -2.04. The van der Waals surface area contributed by atoms with Crippen LogP contribution in [0.3, 0.4) is 0 Å². The van der Waals surface area contributed by atoms with Crippen molar-refractivity contribution in [3.63, 3.8) is 0 Å². The number of amides is 2. The minimum Gasteiger partial charge on any atom is -0.352 e. The molecule has 142 valence electrons. The van der Waals surface area contributed by atoms with Crippen LogP contribution in [-0.2, 0) is 16.1 Å². The Morgan fingerprint density at radius 3 is 2.63 bits per heavy atom. The minimum atomic E-state index is -0.345. The lowest BCUT2D eigenvalue weighted by Crippen LogP contribution is -2.37. The first-order valence-electron chi connectivity index (χ1n) is 8.96. The number of hydrogen-bond acceptors (Lipinski definition) is 3. The molecule has 6 nitrogen and oxygen atoms in total. The molecule has 1 saturated carbocycles. The van der Waals surface area contributed by atoms with Gasteiger partial charge in [-0.05, 0) is 38.3 Å². The van der Waals surface area contributed by atoms with Gasteiger partial charge in [0.2, 0.25) is 11.8 Å². The van der Waals surface area contributed by atoms with Gasteiger partial charge in [-0.3, -0.25) is 9.59 Å². The number of aryl methyl sites for hydroxylation is 2. The van der Waals surface area contributed by atoms with Crippen LogP contribution in [0.1, 0.15) is 35.2 Å². The van der Waals surface area contributed by atoms with Crippen LogP contribution in [0.5, 0.6) is 0 Å². The summed E-state index contributed by atoms with van der Waals surface area (Å²) in [6, 6.07) is 8.45. The summed E-state index contributed by atoms with van der Waals surface area (Å²) < 4.78 is 1.71. The van der Waals surface area contributed by atoms with Crippen molar-refractivity contribution in [3.8, 4) is 0 Å². The maximum Gasteiger partial charge on any atom is 0.244 e. The van der Waals surface area contributed by atoms with Gasteiger partial charge < -0.3 is 10.6 Å². The third-order valence-corrected chi connectivity index (χ3v) is 4.73. The molecule has 0 atom stereocenters. The number of halogens is 1. The molecular formula is C20H23ClN4O2. The van der Waals surface area contributed by atoms with Crippen LogP contribution in [0.25, 0.3) is 6.08 Å². The summed E-state index contributed by atoms with van der Waals surface area (Å²) in [4.78, 5) is 23.5. The van der Waals surface area contributed by atoms with Gasteiger partial charge in [-0.15, -0.1) is 0 Å². The van der Waals surface area contributed by atoms with E-state index in [1.54, 1.807) is 10.8 Å². The summed E-state index contributed by atoms with van der Waals surface area (Å²) in [5.41, 5.74) is 3.73. The average molecular weight is 387 g/mol. The van der Waals surface area contributed by atoms with Crippen LogP contribution in [0, 0.1) is 13.8 Å². The normalized spacial score (nSPS) is 13.7. The van der Waals surface area contributed by atoms with E-state index in [0.717, 1.165) is 24.1 Å². The van der Waals surface area contributed by atoms with E-state index in [1.807, 2.05) is 38.1 Å². The summed E-state index contributed by atoms with van der Waals surface area (Å²) in [5.74, 6) is -0.512. The Balaban J connectivity index is 1.59. The maximum atomic E-state index is 11.9. The molecule has 3 rings (SSSR count). The van der Waals surface area contributed by atoms with Crippen LogP contribution >= 0.6 is 11.6 Å². The zero-order valence-electron chi connectivity index (χ0n) is 15.5. The van der Waals surface area contributed by atoms with E-state index in [4.69, 9.17) is 11.6 Å². The van der Waals surface area contributed by atoms with Crippen LogP contribution in [0.2, 0.25) is 5.15 Å². The van der Waals surface area contributed by atoms with E-state index in [-0.39, 0.29) is 24.4 Å². The molecule has 0 bridgehead atoms. The van der Waals surface area contributed by atoms with E-state index in [2.05, 4.69) is 15.7 Å². The van der Waals surface area contributed by atoms with Crippen LogP contribution in [-0.4, -0.2) is 34.2 Å². The van der Waals surface area contributed by atoms with E-state index < -0.39 is 0 Å². The predicted molar refractivity (Wildman–Crippen MR) is 105 cm³/mol. The standard InChI is InChI=1S/C20H23ClN4O2/c1-13-3-5-15(6-4-13)12-25-20(21)17(14(2)24-25)9-10-18(26)22-11-19(27)23-16-7-8-16/h3-6,9-10,16H,7-8,11-12H2,1-2H3,(H,22,26)(H,23,27)/b10-9+. The highest BCUT2D eigenvalue weighted by Crippen LogP contribution is 2.22. The molecule has 1 aromatic heterocycles. The molecule has 1 aromatic carbocycles. The van der Waals surface area contributed by atoms with Gasteiger partial charge in [0.1, 0.15) is 5.15 Å². The largest absolute Gasteiger partial charge is 0.352 e. The van der Waals surface area contributed by atoms with Crippen molar-refractivity contribution in [3.05, 3.63) is 57.9 Å². The van der Waals surface area contributed by atoms with Gasteiger partial charge in [0.05, 0.1) is 18.8 Å². The second kappa shape index (κ2) is 8.39. The lowest BCUT2D eigenvalue weighted by atomic mass is 10.1. The number of carbonyl (C=O) groups excluding carboxylic acids is 2. The molecule has 0 unspecified atom stereocenters. The average Bonchev–Trinajstić information content (AvgIpc) is 3.40. The number of hydrogen-bond donors (Lipinski definition) is 2. The molecule has 2 amide bonds. The van der Waals surface area contributed by atoms with Gasteiger partial charge in [0, 0.05) is 17.7 Å². The molecule has 0 saturated heterocycles. The second-order valence-corrected chi connectivity index (χ2v) is 7.18. The Hall–Kier alpha value is -2.60. The minimum absolute atomic E-state index is 0.0287. The molecule has 0 aliphatic heterocycles.